The maximum Gasteiger partial charge on any atom is 0.252 e. The second-order valence-electron chi connectivity index (χ2n) is 7.44. The van der Waals surface area contributed by atoms with Gasteiger partial charge in [0.05, 0.1) is 11.6 Å². The first-order valence-electron chi connectivity index (χ1n) is 9.57. The number of aromatic nitrogens is 5. The lowest BCUT2D eigenvalue weighted by Gasteiger charge is -2.38. The van der Waals surface area contributed by atoms with E-state index in [1.165, 1.54) is 0 Å². The summed E-state index contributed by atoms with van der Waals surface area (Å²) in [6.07, 6.45) is 7.49. The standard InChI is InChI=1S/C19H22N8O/c1-25-9-10-26(19-20-7-2-8-21-19)12-15(25)17-24-23-16-6-3-13(11-27(16)17)18(28)22-14-4-5-14/h2-3,6-8,11,14-15H,4-5,9-10,12H2,1H3,(H,22,28)/t15-/m0/s1. The Hall–Kier alpha value is -3.07. The number of piperazine rings is 1. The average Bonchev–Trinajstić information content (AvgIpc) is 3.45. The van der Waals surface area contributed by atoms with E-state index in [9.17, 15) is 4.79 Å². The molecule has 1 saturated carbocycles. The Balaban J connectivity index is 1.45. The molecule has 0 radical (unpaired) electrons. The number of fused-ring (bicyclic) bond motifs is 1. The molecule has 3 aromatic rings. The third-order valence-corrected chi connectivity index (χ3v) is 5.38. The number of hydrogen-bond acceptors (Lipinski definition) is 7. The summed E-state index contributed by atoms with van der Waals surface area (Å²) in [6.45, 7) is 2.42. The lowest BCUT2D eigenvalue weighted by Crippen LogP contribution is -2.47. The van der Waals surface area contributed by atoms with Gasteiger partial charge < -0.3 is 10.2 Å². The molecule has 2 aliphatic rings. The third kappa shape index (κ3) is 3.18. The van der Waals surface area contributed by atoms with Gasteiger partial charge in [-0.1, -0.05) is 0 Å². The van der Waals surface area contributed by atoms with Crippen LogP contribution in [0.2, 0.25) is 0 Å². The molecule has 1 atom stereocenters. The van der Waals surface area contributed by atoms with Crippen molar-refractivity contribution >= 4 is 17.5 Å². The van der Waals surface area contributed by atoms with Crippen LogP contribution in [0.15, 0.2) is 36.8 Å². The number of amides is 1. The fraction of sp³-hybridized carbons (Fsp3) is 0.421. The van der Waals surface area contributed by atoms with Gasteiger partial charge in [0.15, 0.2) is 11.5 Å². The second-order valence-corrected chi connectivity index (χ2v) is 7.44. The van der Waals surface area contributed by atoms with Crippen molar-refractivity contribution < 1.29 is 4.79 Å². The molecule has 9 nitrogen and oxygen atoms in total. The molecule has 0 unspecified atom stereocenters. The van der Waals surface area contributed by atoms with Crippen molar-refractivity contribution in [2.45, 2.75) is 24.9 Å². The highest BCUT2D eigenvalue weighted by molar-refractivity contribution is 5.94. The van der Waals surface area contributed by atoms with Gasteiger partial charge in [-0.2, -0.15) is 0 Å². The zero-order valence-electron chi connectivity index (χ0n) is 15.7. The molecule has 0 bridgehead atoms. The Labute approximate surface area is 162 Å². The Morgan fingerprint density at radius 2 is 1.96 bits per heavy atom. The molecular formula is C19H22N8O. The maximum absolute atomic E-state index is 12.4. The van der Waals surface area contributed by atoms with Gasteiger partial charge in [0.2, 0.25) is 5.95 Å². The zero-order valence-corrected chi connectivity index (χ0v) is 15.7. The molecule has 9 heteroatoms. The summed E-state index contributed by atoms with van der Waals surface area (Å²) in [7, 11) is 2.08. The van der Waals surface area contributed by atoms with Gasteiger partial charge in [-0.05, 0) is 38.1 Å². The van der Waals surface area contributed by atoms with Gasteiger partial charge in [0.1, 0.15) is 0 Å². The number of likely N-dealkylation sites (N-methyl/N-ethyl adjacent to an activating group) is 1. The molecule has 1 N–H and O–H groups in total. The van der Waals surface area contributed by atoms with Gasteiger partial charge in [-0.3, -0.25) is 14.1 Å². The quantitative estimate of drug-likeness (QED) is 0.721. The van der Waals surface area contributed by atoms with E-state index in [0.29, 0.717) is 18.2 Å². The van der Waals surface area contributed by atoms with Crippen LogP contribution in [0.1, 0.15) is 35.1 Å². The molecule has 0 spiro atoms. The zero-order chi connectivity index (χ0) is 19.1. The molecule has 28 heavy (non-hydrogen) atoms. The van der Waals surface area contributed by atoms with Crippen LogP contribution in [0.5, 0.6) is 0 Å². The number of rotatable bonds is 4. The molecule has 2 fully saturated rings. The van der Waals surface area contributed by atoms with Crippen molar-refractivity contribution in [2.24, 2.45) is 0 Å². The van der Waals surface area contributed by atoms with E-state index in [4.69, 9.17) is 0 Å². The first-order valence-corrected chi connectivity index (χ1v) is 9.57. The summed E-state index contributed by atoms with van der Waals surface area (Å²) in [6, 6.07) is 5.82. The van der Waals surface area contributed by atoms with Crippen LogP contribution in [0.3, 0.4) is 0 Å². The number of pyridine rings is 1. The molecule has 1 aliphatic carbocycles. The minimum absolute atomic E-state index is 0.0225. The molecule has 144 valence electrons. The first-order chi connectivity index (χ1) is 13.7. The lowest BCUT2D eigenvalue weighted by atomic mass is 10.1. The van der Waals surface area contributed by atoms with Crippen molar-refractivity contribution in [2.75, 3.05) is 31.6 Å². The fourth-order valence-corrected chi connectivity index (χ4v) is 3.56. The van der Waals surface area contributed by atoms with Crippen LogP contribution in [-0.2, 0) is 0 Å². The van der Waals surface area contributed by atoms with Crippen molar-refractivity contribution in [3.05, 3.63) is 48.2 Å². The normalized spacial score (nSPS) is 20.5. The van der Waals surface area contributed by atoms with Crippen molar-refractivity contribution in [3.63, 3.8) is 0 Å². The van der Waals surface area contributed by atoms with Crippen molar-refractivity contribution in [1.29, 1.82) is 0 Å². The molecule has 3 aromatic heterocycles. The van der Waals surface area contributed by atoms with Gasteiger partial charge in [-0.25, -0.2) is 9.97 Å². The number of nitrogens with one attached hydrogen (secondary N) is 1. The van der Waals surface area contributed by atoms with Crippen LogP contribution in [0, 0.1) is 0 Å². The van der Waals surface area contributed by atoms with Gasteiger partial charge in [0.25, 0.3) is 5.91 Å². The monoisotopic (exact) mass is 378 g/mol. The third-order valence-electron chi connectivity index (χ3n) is 5.38. The van der Waals surface area contributed by atoms with E-state index in [0.717, 1.165) is 43.4 Å². The van der Waals surface area contributed by atoms with Crippen LogP contribution >= 0.6 is 0 Å². The highest BCUT2D eigenvalue weighted by atomic mass is 16.1. The summed E-state index contributed by atoms with van der Waals surface area (Å²) in [4.78, 5) is 25.6. The topological polar surface area (TPSA) is 91.6 Å². The van der Waals surface area contributed by atoms with Crippen LogP contribution < -0.4 is 10.2 Å². The van der Waals surface area contributed by atoms with Crippen LogP contribution in [0.4, 0.5) is 5.95 Å². The summed E-state index contributed by atoms with van der Waals surface area (Å²) >= 11 is 0. The largest absolute Gasteiger partial charge is 0.349 e. The van der Waals surface area contributed by atoms with Crippen molar-refractivity contribution in [3.8, 4) is 0 Å². The van der Waals surface area contributed by atoms with E-state index in [1.54, 1.807) is 18.5 Å². The predicted molar refractivity (Wildman–Crippen MR) is 103 cm³/mol. The Morgan fingerprint density at radius 1 is 1.14 bits per heavy atom. The van der Waals surface area contributed by atoms with E-state index in [2.05, 4.69) is 42.3 Å². The first kappa shape index (κ1) is 17.1. The smallest absolute Gasteiger partial charge is 0.252 e. The highest BCUT2D eigenvalue weighted by Crippen LogP contribution is 2.25. The number of carbonyl (C=O) groups is 1. The van der Waals surface area contributed by atoms with Gasteiger partial charge in [-0.15, -0.1) is 10.2 Å². The molecule has 0 aromatic carbocycles. The SMILES string of the molecule is CN1CCN(c2ncccn2)C[C@H]1c1nnc2ccc(C(=O)NC3CC3)cn12. The van der Waals surface area contributed by atoms with Gasteiger partial charge >= 0.3 is 0 Å². The minimum Gasteiger partial charge on any atom is -0.349 e. The maximum atomic E-state index is 12.4. The average molecular weight is 378 g/mol. The summed E-state index contributed by atoms with van der Waals surface area (Å²) < 4.78 is 1.93. The number of hydrogen-bond donors (Lipinski definition) is 1. The number of carbonyl (C=O) groups excluding carboxylic acids is 1. The Bertz CT molecular complexity index is 1000. The lowest BCUT2D eigenvalue weighted by molar-refractivity contribution is 0.0950. The van der Waals surface area contributed by atoms with Crippen LogP contribution in [-0.4, -0.2) is 68.1 Å². The molecule has 1 saturated heterocycles. The van der Waals surface area contributed by atoms with E-state index in [-0.39, 0.29) is 11.9 Å². The predicted octanol–water partition coefficient (Wildman–Crippen LogP) is 0.905. The van der Waals surface area contributed by atoms with E-state index >= 15 is 0 Å². The summed E-state index contributed by atoms with van der Waals surface area (Å²) in [5.41, 5.74) is 1.36. The second kappa shape index (κ2) is 6.83. The van der Waals surface area contributed by atoms with Crippen molar-refractivity contribution in [1.82, 2.24) is 34.8 Å². The molecule has 4 heterocycles. The summed E-state index contributed by atoms with van der Waals surface area (Å²) in [5.74, 6) is 1.50. The molecule has 5 rings (SSSR count). The fourth-order valence-electron chi connectivity index (χ4n) is 3.56. The molecule has 1 aliphatic heterocycles. The van der Waals surface area contributed by atoms with Crippen LogP contribution in [0.25, 0.3) is 5.65 Å². The minimum atomic E-state index is -0.0413. The molecular weight excluding hydrogens is 356 g/mol. The highest BCUT2D eigenvalue weighted by Gasteiger charge is 2.31. The molecule has 1 amide bonds. The van der Waals surface area contributed by atoms with Gasteiger partial charge in [0, 0.05) is 44.3 Å². The number of nitrogens with zero attached hydrogens (tertiary/aromatic N) is 7. The Morgan fingerprint density at radius 3 is 2.75 bits per heavy atom. The van der Waals surface area contributed by atoms with E-state index < -0.39 is 0 Å². The summed E-state index contributed by atoms with van der Waals surface area (Å²) in [5, 5.41) is 11.8. The van der Waals surface area contributed by atoms with E-state index in [1.807, 2.05) is 22.7 Å². The Kier molecular flexibility index (Phi) is 4.16. The number of anilines is 1.